The minimum Gasteiger partial charge on any atom is -0.503 e. The molecule has 0 aliphatic rings. The fourth-order valence-corrected chi connectivity index (χ4v) is 1.62. The Morgan fingerprint density at radius 3 is 2.65 bits per heavy atom. The van der Waals surface area contributed by atoms with Crippen LogP contribution < -0.4 is 10.1 Å². The van der Waals surface area contributed by atoms with Crippen LogP contribution in [0.4, 0.5) is 4.79 Å². The molecule has 0 aromatic heterocycles. The standard InChI is InChI=1S/C17H20N2O4/c1-17(2,3)23-16(21)19-8-6-5-7-13-9-12(11-18)10-14(22-4)15(13)20/h9-10,20H,6,8H2,1-4H3,(H,19,21). The molecule has 1 aromatic rings. The number of carbonyl (C=O) groups is 1. The average molecular weight is 316 g/mol. The molecule has 0 aliphatic heterocycles. The highest BCUT2D eigenvalue weighted by atomic mass is 16.6. The number of nitriles is 1. The highest BCUT2D eigenvalue weighted by molar-refractivity contribution is 5.67. The van der Waals surface area contributed by atoms with E-state index in [1.807, 2.05) is 6.07 Å². The Kier molecular flexibility index (Phi) is 6.29. The number of rotatable bonds is 3. The molecule has 0 fully saturated rings. The van der Waals surface area contributed by atoms with Gasteiger partial charge in [-0.15, -0.1) is 0 Å². The Bertz CT molecular complexity index is 673. The molecule has 0 spiro atoms. The maximum Gasteiger partial charge on any atom is 0.407 e. The van der Waals surface area contributed by atoms with Crippen LogP contribution in [0.2, 0.25) is 0 Å². The number of phenolic OH excluding ortho intramolecular Hbond substituents is 1. The maximum atomic E-state index is 11.4. The summed E-state index contributed by atoms with van der Waals surface area (Å²) in [4.78, 5) is 11.4. The second-order valence-corrected chi connectivity index (χ2v) is 5.67. The lowest BCUT2D eigenvalue weighted by Gasteiger charge is -2.19. The number of amides is 1. The predicted octanol–water partition coefficient (Wildman–Crippen LogP) is 2.54. The zero-order valence-electron chi connectivity index (χ0n) is 13.7. The van der Waals surface area contributed by atoms with Gasteiger partial charge >= 0.3 is 6.09 Å². The number of alkyl carbamates (subject to hydrolysis) is 1. The van der Waals surface area contributed by atoms with Gasteiger partial charge in [-0.1, -0.05) is 11.8 Å². The van der Waals surface area contributed by atoms with Crippen molar-refractivity contribution in [2.24, 2.45) is 0 Å². The Labute approximate surface area is 136 Å². The number of hydrogen-bond donors (Lipinski definition) is 2. The van der Waals surface area contributed by atoms with Crippen LogP contribution in [0, 0.1) is 23.2 Å². The molecule has 1 amide bonds. The van der Waals surface area contributed by atoms with Gasteiger partial charge in [0.2, 0.25) is 0 Å². The lowest BCUT2D eigenvalue weighted by Crippen LogP contribution is -2.32. The lowest BCUT2D eigenvalue weighted by molar-refractivity contribution is 0.0529. The average Bonchev–Trinajstić information content (AvgIpc) is 2.46. The first kappa shape index (κ1) is 18.2. The number of aromatic hydroxyl groups is 1. The Balaban J connectivity index is 2.64. The van der Waals surface area contributed by atoms with Gasteiger partial charge in [-0.3, -0.25) is 0 Å². The number of methoxy groups -OCH3 is 1. The van der Waals surface area contributed by atoms with Gasteiger partial charge in [0.15, 0.2) is 11.5 Å². The van der Waals surface area contributed by atoms with Gasteiger partial charge in [0.05, 0.1) is 24.3 Å². The van der Waals surface area contributed by atoms with Crippen molar-refractivity contribution < 1.29 is 19.4 Å². The highest BCUT2D eigenvalue weighted by Crippen LogP contribution is 2.30. The van der Waals surface area contributed by atoms with Crippen LogP contribution in [0.1, 0.15) is 38.3 Å². The molecule has 2 N–H and O–H groups in total. The van der Waals surface area contributed by atoms with Gasteiger partial charge in [0, 0.05) is 19.0 Å². The van der Waals surface area contributed by atoms with Crippen LogP contribution >= 0.6 is 0 Å². The number of benzene rings is 1. The predicted molar refractivity (Wildman–Crippen MR) is 85.1 cm³/mol. The fraction of sp³-hybridized carbons (Fsp3) is 0.412. The Morgan fingerprint density at radius 2 is 2.09 bits per heavy atom. The third-order valence-electron chi connectivity index (χ3n) is 2.57. The number of phenols is 1. The largest absolute Gasteiger partial charge is 0.503 e. The quantitative estimate of drug-likeness (QED) is 0.660. The number of nitrogens with zero attached hydrogens (tertiary/aromatic N) is 1. The van der Waals surface area contributed by atoms with Gasteiger partial charge in [-0.2, -0.15) is 5.26 Å². The van der Waals surface area contributed by atoms with E-state index in [0.717, 1.165) is 0 Å². The van der Waals surface area contributed by atoms with Crippen LogP contribution in [0.15, 0.2) is 12.1 Å². The molecule has 0 heterocycles. The zero-order chi connectivity index (χ0) is 17.5. The fourth-order valence-electron chi connectivity index (χ4n) is 1.62. The number of nitrogens with one attached hydrogen (secondary N) is 1. The van der Waals surface area contributed by atoms with Gasteiger partial charge < -0.3 is 19.9 Å². The normalized spacial score (nSPS) is 10.0. The van der Waals surface area contributed by atoms with Crippen molar-refractivity contribution in [1.82, 2.24) is 5.32 Å². The van der Waals surface area contributed by atoms with E-state index in [2.05, 4.69) is 17.2 Å². The molecule has 0 aliphatic carbocycles. The third-order valence-corrected chi connectivity index (χ3v) is 2.57. The van der Waals surface area contributed by atoms with Crippen molar-refractivity contribution in [2.45, 2.75) is 32.8 Å². The molecule has 0 radical (unpaired) electrons. The van der Waals surface area contributed by atoms with Crippen LogP contribution in [0.3, 0.4) is 0 Å². The van der Waals surface area contributed by atoms with Crippen LogP contribution in [0.5, 0.6) is 11.5 Å². The first-order valence-electron chi connectivity index (χ1n) is 7.03. The van der Waals surface area contributed by atoms with E-state index in [4.69, 9.17) is 14.7 Å². The third kappa shape index (κ3) is 6.19. The number of ether oxygens (including phenoxy) is 2. The van der Waals surface area contributed by atoms with Crippen molar-refractivity contribution in [3.63, 3.8) is 0 Å². The summed E-state index contributed by atoms with van der Waals surface area (Å²) >= 11 is 0. The SMILES string of the molecule is COc1cc(C#N)cc(C#CCCNC(=O)OC(C)(C)C)c1O. The van der Waals surface area contributed by atoms with Crippen molar-refractivity contribution in [3.05, 3.63) is 23.3 Å². The van der Waals surface area contributed by atoms with Crippen molar-refractivity contribution in [1.29, 1.82) is 5.26 Å². The molecule has 0 saturated carbocycles. The van der Waals surface area contributed by atoms with Gasteiger partial charge in [0.1, 0.15) is 5.60 Å². The number of carbonyl (C=O) groups excluding carboxylic acids is 1. The summed E-state index contributed by atoms with van der Waals surface area (Å²) < 4.78 is 10.1. The van der Waals surface area contributed by atoms with E-state index >= 15 is 0 Å². The second kappa shape index (κ2) is 7.95. The van der Waals surface area contributed by atoms with E-state index in [1.54, 1.807) is 20.8 Å². The topological polar surface area (TPSA) is 91.6 Å². The molecule has 1 rings (SSSR count). The van der Waals surface area contributed by atoms with E-state index in [0.29, 0.717) is 24.1 Å². The first-order chi connectivity index (χ1) is 10.8. The van der Waals surface area contributed by atoms with Crippen LogP contribution in [-0.4, -0.2) is 30.5 Å². The zero-order valence-corrected chi connectivity index (χ0v) is 13.7. The molecule has 0 saturated heterocycles. The van der Waals surface area contributed by atoms with Crippen molar-refractivity contribution in [2.75, 3.05) is 13.7 Å². The van der Waals surface area contributed by atoms with Gasteiger partial charge in [-0.25, -0.2) is 4.79 Å². The van der Waals surface area contributed by atoms with E-state index in [9.17, 15) is 9.90 Å². The summed E-state index contributed by atoms with van der Waals surface area (Å²) in [5.74, 6) is 5.66. The summed E-state index contributed by atoms with van der Waals surface area (Å²) in [5.41, 5.74) is 0.101. The molecular weight excluding hydrogens is 296 g/mol. The molecule has 122 valence electrons. The number of hydrogen-bond acceptors (Lipinski definition) is 5. The van der Waals surface area contributed by atoms with E-state index in [-0.39, 0.29) is 11.5 Å². The molecule has 0 atom stereocenters. The Morgan fingerprint density at radius 1 is 1.39 bits per heavy atom. The Hall–Kier alpha value is -2.86. The lowest BCUT2D eigenvalue weighted by atomic mass is 10.1. The molecule has 6 nitrogen and oxygen atoms in total. The summed E-state index contributed by atoms with van der Waals surface area (Å²) in [7, 11) is 1.40. The first-order valence-corrected chi connectivity index (χ1v) is 7.03. The summed E-state index contributed by atoms with van der Waals surface area (Å²) in [6.45, 7) is 5.66. The van der Waals surface area contributed by atoms with E-state index in [1.165, 1.54) is 19.2 Å². The molecule has 1 aromatic carbocycles. The monoisotopic (exact) mass is 316 g/mol. The molecule has 6 heteroatoms. The van der Waals surface area contributed by atoms with Gasteiger partial charge in [-0.05, 0) is 26.8 Å². The molecule has 0 bridgehead atoms. The molecule has 23 heavy (non-hydrogen) atoms. The minimum atomic E-state index is -0.546. The van der Waals surface area contributed by atoms with Gasteiger partial charge in [0.25, 0.3) is 0 Å². The molecule has 0 unspecified atom stereocenters. The summed E-state index contributed by atoms with van der Waals surface area (Å²) in [6.07, 6.45) is -0.132. The molecular formula is C17H20N2O4. The highest BCUT2D eigenvalue weighted by Gasteiger charge is 2.15. The second-order valence-electron chi connectivity index (χ2n) is 5.67. The van der Waals surface area contributed by atoms with Crippen LogP contribution in [0.25, 0.3) is 0 Å². The van der Waals surface area contributed by atoms with E-state index < -0.39 is 11.7 Å². The summed E-state index contributed by atoms with van der Waals surface area (Å²) in [5, 5.41) is 21.5. The smallest absolute Gasteiger partial charge is 0.407 e. The summed E-state index contributed by atoms with van der Waals surface area (Å²) in [6, 6.07) is 4.89. The minimum absolute atomic E-state index is 0.112. The van der Waals surface area contributed by atoms with Crippen LogP contribution in [-0.2, 0) is 4.74 Å². The van der Waals surface area contributed by atoms with Crippen molar-refractivity contribution >= 4 is 6.09 Å². The van der Waals surface area contributed by atoms with Crippen molar-refractivity contribution in [3.8, 4) is 29.4 Å². The maximum absolute atomic E-state index is 11.4.